The molecule has 1 atom stereocenters. The van der Waals surface area contributed by atoms with Gasteiger partial charge in [0.15, 0.2) is 12.4 Å². The van der Waals surface area contributed by atoms with Gasteiger partial charge in [0.1, 0.15) is 17.3 Å². The number of ether oxygens (including phenoxy) is 1. The summed E-state index contributed by atoms with van der Waals surface area (Å²) >= 11 is 0. The van der Waals surface area contributed by atoms with Gasteiger partial charge in [-0.3, -0.25) is 4.79 Å². The number of aliphatic carboxylic acids is 2. The molecule has 1 aliphatic rings. The summed E-state index contributed by atoms with van der Waals surface area (Å²) in [5.74, 6) is -0.932. The fourth-order valence-corrected chi connectivity index (χ4v) is 4.02. The first kappa shape index (κ1) is 31.8. The molecular formula is C29H35N5O8. The van der Waals surface area contributed by atoms with Gasteiger partial charge in [0.2, 0.25) is 0 Å². The van der Waals surface area contributed by atoms with Gasteiger partial charge in [0.05, 0.1) is 11.8 Å². The van der Waals surface area contributed by atoms with Crippen LogP contribution in [0.15, 0.2) is 48.6 Å². The lowest BCUT2D eigenvalue weighted by atomic mass is 9.99. The fourth-order valence-electron chi connectivity index (χ4n) is 4.02. The Kier molecular flexibility index (Phi) is 10.4. The van der Waals surface area contributed by atoms with Gasteiger partial charge in [-0.05, 0) is 40.2 Å². The van der Waals surface area contributed by atoms with Crippen LogP contribution in [0.4, 0.5) is 5.69 Å². The van der Waals surface area contributed by atoms with Gasteiger partial charge in [-0.15, -0.1) is 0 Å². The third-order valence-corrected chi connectivity index (χ3v) is 6.34. The normalized spacial score (nSPS) is 13.4. The molecule has 1 unspecified atom stereocenters. The predicted molar refractivity (Wildman–Crippen MR) is 153 cm³/mol. The summed E-state index contributed by atoms with van der Waals surface area (Å²) in [7, 11) is 0. The number of fused-ring (bicyclic) bond motifs is 1. The van der Waals surface area contributed by atoms with Gasteiger partial charge >= 0.3 is 11.9 Å². The minimum absolute atomic E-state index is 0.0519. The van der Waals surface area contributed by atoms with Crippen LogP contribution in [0, 0.1) is 13.8 Å². The lowest BCUT2D eigenvalue weighted by molar-refractivity contribution is -0.134. The summed E-state index contributed by atoms with van der Waals surface area (Å²) in [5, 5.41) is 47.2. The maximum absolute atomic E-state index is 11.6. The molecule has 0 bridgehead atoms. The number of benzene rings is 2. The average Bonchev–Trinajstić information content (AvgIpc) is 3.30. The highest BCUT2D eigenvalue weighted by molar-refractivity contribution is 5.96. The molecule has 1 aliphatic heterocycles. The molecule has 2 heterocycles. The van der Waals surface area contributed by atoms with Crippen LogP contribution in [0.2, 0.25) is 0 Å². The van der Waals surface area contributed by atoms with Crippen LogP contribution in [0.25, 0.3) is 11.4 Å². The number of phenolic OH excluding ortho intramolecular Hbond substituents is 1. The SMILES string of the molecule is Cc1ccc(-c2nc(C)n(CCC(C)(C)NCC(O)c3cc(O)cc4c3OCC(=O)N4)n2)cc1.O=C(O)C=CC(=O)O. The average molecular weight is 582 g/mol. The number of anilines is 1. The Hall–Kier alpha value is -4.75. The number of hydrogen-bond acceptors (Lipinski definition) is 9. The molecule has 4 rings (SSSR count). The topological polar surface area (TPSA) is 196 Å². The lowest BCUT2D eigenvalue weighted by Crippen LogP contribution is -2.42. The third-order valence-electron chi connectivity index (χ3n) is 6.34. The molecule has 3 aromatic rings. The van der Waals surface area contributed by atoms with Crippen LogP contribution in [-0.2, 0) is 20.9 Å². The van der Waals surface area contributed by atoms with Crippen molar-refractivity contribution in [3.8, 4) is 22.9 Å². The van der Waals surface area contributed by atoms with Gasteiger partial charge in [0, 0.05) is 48.0 Å². The maximum Gasteiger partial charge on any atom is 0.328 e. The fraction of sp³-hybridized carbons (Fsp3) is 0.345. The van der Waals surface area contributed by atoms with E-state index in [0.29, 0.717) is 41.5 Å². The molecule has 224 valence electrons. The molecule has 13 heteroatoms. The summed E-state index contributed by atoms with van der Waals surface area (Å²) in [6.07, 6.45) is 0.934. The standard InChI is InChI=1S/C25H31N5O4.C4H4O4/c1-15-5-7-17(8-6-15)24-27-16(2)30(29-24)10-9-25(3,4)26-13-21(32)19-11-18(31)12-20-23(19)34-14-22(33)28-20;5-3(6)1-2-4(7)8/h5-8,11-12,21,26,31-32H,9-10,13-14H2,1-4H3,(H,28,33);1-2H,(H,5,6)(H,7,8). The highest BCUT2D eigenvalue weighted by atomic mass is 16.5. The number of aromatic hydroxyl groups is 1. The molecular weight excluding hydrogens is 546 g/mol. The Bertz CT molecular complexity index is 1450. The highest BCUT2D eigenvalue weighted by Gasteiger charge is 2.26. The number of carboxylic acids is 2. The second-order valence-corrected chi connectivity index (χ2v) is 10.4. The molecule has 2 aromatic carbocycles. The van der Waals surface area contributed by atoms with E-state index in [1.807, 2.05) is 42.8 Å². The van der Waals surface area contributed by atoms with E-state index in [1.54, 1.807) is 0 Å². The van der Waals surface area contributed by atoms with Crippen LogP contribution >= 0.6 is 0 Å². The van der Waals surface area contributed by atoms with Crippen LogP contribution in [-0.4, -0.2) is 71.7 Å². The van der Waals surface area contributed by atoms with Crippen molar-refractivity contribution < 1.29 is 39.5 Å². The summed E-state index contributed by atoms with van der Waals surface area (Å²) in [6.45, 7) is 8.88. The molecule has 0 spiro atoms. The Labute approximate surface area is 242 Å². The van der Waals surface area contributed by atoms with Crippen LogP contribution in [0.3, 0.4) is 0 Å². The van der Waals surface area contributed by atoms with E-state index < -0.39 is 18.0 Å². The predicted octanol–water partition coefficient (Wildman–Crippen LogP) is 2.80. The molecule has 1 amide bonds. The molecule has 0 fully saturated rings. The minimum Gasteiger partial charge on any atom is -0.508 e. The number of nitrogens with zero attached hydrogens (tertiary/aromatic N) is 3. The number of aliphatic hydroxyl groups is 1. The zero-order chi connectivity index (χ0) is 31.0. The molecule has 42 heavy (non-hydrogen) atoms. The number of carbonyl (C=O) groups is 3. The number of aliphatic hydroxyl groups excluding tert-OH is 1. The van der Waals surface area contributed by atoms with Crippen molar-refractivity contribution in [2.45, 2.75) is 52.3 Å². The van der Waals surface area contributed by atoms with Crippen molar-refractivity contribution in [3.63, 3.8) is 0 Å². The zero-order valence-electron chi connectivity index (χ0n) is 23.8. The molecule has 1 aromatic heterocycles. The monoisotopic (exact) mass is 581 g/mol. The number of aryl methyl sites for hydroxylation is 3. The van der Waals surface area contributed by atoms with Crippen LogP contribution < -0.4 is 15.4 Å². The van der Waals surface area contributed by atoms with Crippen LogP contribution in [0.1, 0.15) is 43.3 Å². The van der Waals surface area contributed by atoms with Crippen molar-refractivity contribution in [3.05, 3.63) is 65.5 Å². The van der Waals surface area contributed by atoms with Gasteiger partial charge in [-0.25, -0.2) is 19.3 Å². The summed E-state index contributed by atoms with van der Waals surface area (Å²) < 4.78 is 7.41. The van der Waals surface area contributed by atoms with E-state index in [1.165, 1.54) is 17.7 Å². The largest absolute Gasteiger partial charge is 0.508 e. The van der Waals surface area contributed by atoms with Gasteiger partial charge in [-0.1, -0.05) is 29.8 Å². The number of β-amino-alcohol motifs (C(OH)–C–C–N with tert-alkyl or cyclic N) is 1. The Morgan fingerprint density at radius 2 is 1.79 bits per heavy atom. The summed E-state index contributed by atoms with van der Waals surface area (Å²) in [6, 6.07) is 11.0. The van der Waals surface area contributed by atoms with E-state index in [9.17, 15) is 24.6 Å². The van der Waals surface area contributed by atoms with Crippen molar-refractivity contribution in [1.29, 1.82) is 0 Å². The molecule has 0 saturated heterocycles. The quantitative estimate of drug-likeness (QED) is 0.193. The van der Waals surface area contributed by atoms with Crippen molar-refractivity contribution in [1.82, 2.24) is 20.1 Å². The van der Waals surface area contributed by atoms with Gasteiger partial charge < -0.3 is 35.8 Å². The van der Waals surface area contributed by atoms with E-state index in [4.69, 9.17) is 14.9 Å². The second-order valence-electron chi connectivity index (χ2n) is 10.4. The third kappa shape index (κ3) is 9.14. The molecule has 13 nitrogen and oxygen atoms in total. The lowest BCUT2D eigenvalue weighted by Gasteiger charge is -2.29. The van der Waals surface area contributed by atoms with Crippen molar-refractivity contribution in [2.75, 3.05) is 18.5 Å². The number of aromatic nitrogens is 3. The number of nitrogens with one attached hydrogen (secondary N) is 2. The van der Waals surface area contributed by atoms with E-state index in [2.05, 4.69) is 34.6 Å². The Morgan fingerprint density at radius 1 is 1.14 bits per heavy atom. The zero-order valence-corrected chi connectivity index (χ0v) is 23.8. The van der Waals surface area contributed by atoms with E-state index in [0.717, 1.165) is 17.8 Å². The minimum atomic E-state index is -1.26. The number of phenols is 1. The van der Waals surface area contributed by atoms with E-state index in [-0.39, 0.29) is 30.3 Å². The van der Waals surface area contributed by atoms with Gasteiger partial charge in [0.25, 0.3) is 5.91 Å². The van der Waals surface area contributed by atoms with Crippen LogP contribution in [0.5, 0.6) is 11.5 Å². The van der Waals surface area contributed by atoms with Crippen molar-refractivity contribution in [2.24, 2.45) is 0 Å². The number of carboxylic acid groups (broad SMARTS) is 2. The number of hydrogen-bond donors (Lipinski definition) is 6. The summed E-state index contributed by atoms with van der Waals surface area (Å²) in [5.41, 5.74) is 2.65. The second kappa shape index (κ2) is 13.7. The summed E-state index contributed by atoms with van der Waals surface area (Å²) in [4.78, 5) is 35.3. The van der Waals surface area contributed by atoms with E-state index >= 15 is 0 Å². The number of amides is 1. The Balaban J connectivity index is 0.000000531. The molecule has 0 radical (unpaired) electrons. The maximum atomic E-state index is 11.6. The molecule has 0 saturated carbocycles. The molecule has 6 N–H and O–H groups in total. The number of rotatable bonds is 10. The smallest absolute Gasteiger partial charge is 0.328 e. The first-order valence-corrected chi connectivity index (χ1v) is 13.1. The van der Waals surface area contributed by atoms with Crippen molar-refractivity contribution >= 4 is 23.5 Å². The number of carbonyl (C=O) groups excluding carboxylic acids is 1. The van der Waals surface area contributed by atoms with Gasteiger partial charge in [-0.2, -0.15) is 5.10 Å². The Morgan fingerprint density at radius 3 is 2.40 bits per heavy atom. The first-order valence-electron chi connectivity index (χ1n) is 13.1. The first-order chi connectivity index (χ1) is 19.7. The highest BCUT2D eigenvalue weighted by Crippen LogP contribution is 2.38. The molecule has 0 aliphatic carbocycles.